The van der Waals surface area contributed by atoms with Gasteiger partial charge in [-0.3, -0.25) is 14.5 Å². The molecule has 0 spiro atoms. The zero-order valence-corrected chi connectivity index (χ0v) is 19.2. The predicted octanol–water partition coefficient (Wildman–Crippen LogP) is 4.68. The maximum absolute atomic E-state index is 13.0. The van der Waals surface area contributed by atoms with Crippen LogP contribution in [0.15, 0.2) is 90.8 Å². The fraction of sp³-hybridized carbons (Fsp3) is 0.107. The average molecular weight is 465 g/mol. The van der Waals surface area contributed by atoms with Crippen molar-refractivity contribution < 1.29 is 14.4 Å². The molecule has 1 aliphatic heterocycles. The van der Waals surface area contributed by atoms with E-state index in [0.717, 1.165) is 33.3 Å². The largest absolute Gasteiger partial charge is 0.337 e. The van der Waals surface area contributed by atoms with Crippen LogP contribution in [-0.4, -0.2) is 27.3 Å². The molecular weight excluding hydrogens is 440 g/mol. The van der Waals surface area contributed by atoms with Crippen molar-refractivity contribution in [3.05, 3.63) is 107 Å². The molecule has 1 fully saturated rings. The first-order valence-corrected chi connectivity index (χ1v) is 11.3. The van der Waals surface area contributed by atoms with Crippen LogP contribution in [0.3, 0.4) is 0 Å². The number of nitrogens with one attached hydrogen (secondary N) is 2. The van der Waals surface area contributed by atoms with Gasteiger partial charge in [0.15, 0.2) is 0 Å². The summed E-state index contributed by atoms with van der Waals surface area (Å²) >= 11 is 0. The van der Waals surface area contributed by atoms with E-state index in [4.69, 9.17) is 0 Å². The third-order valence-corrected chi connectivity index (χ3v) is 5.91. The fourth-order valence-corrected chi connectivity index (χ4v) is 4.14. The van der Waals surface area contributed by atoms with Gasteiger partial charge in [0.05, 0.1) is 6.54 Å². The summed E-state index contributed by atoms with van der Waals surface area (Å²) < 4.78 is 1.84. The lowest BCUT2D eigenvalue weighted by Gasteiger charge is -2.11. The highest BCUT2D eigenvalue weighted by molar-refractivity contribution is 6.14. The molecule has 0 unspecified atom stereocenters. The number of aromatic nitrogens is 1. The number of rotatable bonds is 6. The van der Waals surface area contributed by atoms with Gasteiger partial charge in [-0.25, -0.2) is 4.79 Å². The van der Waals surface area contributed by atoms with Crippen molar-refractivity contribution in [3.63, 3.8) is 0 Å². The number of aryl methyl sites for hydroxylation is 1. The molecule has 7 nitrogen and oxygen atoms in total. The van der Waals surface area contributed by atoms with Crippen LogP contribution in [0.5, 0.6) is 0 Å². The van der Waals surface area contributed by atoms with Crippen molar-refractivity contribution in [1.82, 2.24) is 14.8 Å². The molecular formula is C28H24N4O3. The van der Waals surface area contributed by atoms with Crippen LogP contribution < -0.4 is 10.6 Å². The lowest BCUT2D eigenvalue weighted by atomic mass is 10.1. The van der Waals surface area contributed by atoms with E-state index in [1.165, 1.54) is 4.90 Å². The molecule has 4 amide bonds. The summed E-state index contributed by atoms with van der Waals surface area (Å²) in [5.41, 5.74) is 4.52. The minimum absolute atomic E-state index is 0.110. The summed E-state index contributed by atoms with van der Waals surface area (Å²) in [6, 6.07) is 24.2. The lowest BCUT2D eigenvalue weighted by molar-refractivity contribution is -0.123. The van der Waals surface area contributed by atoms with E-state index in [9.17, 15) is 14.4 Å². The molecule has 2 N–H and O–H groups in total. The third kappa shape index (κ3) is 4.70. The van der Waals surface area contributed by atoms with Gasteiger partial charge in [-0.1, -0.05) is 66.2 Å². The van der Waals surface area contributed by atoms with Crippen molar-refractivity contribution in [3.8, 4) is 0 Å². The van der Waals surface area contributed by atoms with E-state index in [2.05, 4.69) is 10.6 Å². The Balaban J connectivity index is 1.39. The molecule has 0 radical (unpaired) electrons. The molecule has 1 saturated heterocycles. The van der Waals surface area contributed by atoms with Crippen molar-refractivity contribution in [2.24, 2.45) is 0 Å². The first kappa shape index (κ1) is 22.2. The van der Waals surface area contributed by atoms with Gasteiger partial charge >= 0.3 is 6.03 Å². The number of imide groups is 1. The molecule has 2 heterocycles. The molecule has 174 valence electrons. The van der Waals surface area contributed by atoms with Gasteiger partial charge in [0.25, 0.3) is 5.91 Å². The first-order valence-electron chi connectivity index (χ1n) is 11.3. The number of para-hydroxylation sites is 2. The summed E-state index contributed by atoms with van der Waals surface area (Å²) in [7, 11) is 0. The highest BCUT2D eigenvalue weighted by Gasteiger charge is 2.33. The summed E-state index contributed by atoms with van der Waals surface area (Å²) in [6.07, 6.45) is 3.49. The number of benzene rings is 3. The van der Waals surface area contributed by atoms with Crippen LogP contribution in [0.2, 0.25) is 0 Å². The Morgan fingerprint density at radius 3 is 2.43 bits per heavy atom. The Labute approximate surface area is 202 Å². The Morgan fingerprint density at radius 1 is 0.943 bits per heavy atom. The van der Waals surface area contributed by atoms with Gasteiger partial charge in [0.1, 0.15) is 12.2 Å². The summed E-state index contributed by atoms with van der Waals surface area (Å²) in [5.74, 6) is -0.542. The summed E-state index contributed by atoms with van der Waals surface area (Å²) in [4.78, 5) is 39.4. The quantitative estimate of drug-likeness (QED) is 0.321. The number of hydrogen-bond donors (Lipinski definition) is 2. The maximum atomic E-state index is 13.0. The van der Waals surface area contributed by atoms with Crippen LogP contribution in [0.25, 0.3) is 17.0 Å². The standard InChI is InChI=1S/C28H24N4O3/c1-19-11-13-20(14-12-19)16-32-27(34)24(30-28(32)35)15-21-17-31(25-10-6-5-9-23(21)25)18-26(33)29-22-7-3-2-4-8-22/h2-15,17H,16,18H2,1H3,(H,29,33)(H,30,35)/b24-15-. The van der Waals surface area contributed by atoms with Crippen molar-refractivity contribution in [2.45, 2.75) is 20.0 Å². The monoisotopic (exact) mass is 464 g/mol. The van der Waals surface area contributed by atoms with Gasteiger partial charge in [-0.2, -0.15) is 0 Å². The zero-order chi connectivity index (χ0) is 24.4. The number of amides is 4. The smallest absolute Gasteiger partial charge is 0.329 e. The number of carbonyl (C=O) groups excluding carboxylic acids is 3. The number of hydrogen-bond acceptors (Lipinski definition) is 3. The van der Waals surface area contributed by atoms with E-state index in [1.807, 2.05) is 96.6 Å². The Kier molecular flexibility index (Phi) is 5.89. The van der Waals surface area contributed by atoms with E-state index < -0.39 is 6.03 Å². The van der Waals surface area contributed by atoms with Gasteiger partial charge < -0.3 is 15.2 Å². The topological polar surface area (TPSA) is 83.4 Å². The molecule has 5 rings (SSSR count). The van der Waals surface area contributed by atoms with E-state index in [1.54, 1.807) is 6.08 Å². The second kappa shape index (κ2) is 9.30. The average Bonchev–Trinajstić information content (AvgIpc) is 3.33. The molecule has 7 heteroatoms. The second-order valence-corrected chi connectivity index (χ2v) is 8.51. The van der Waals surface area contributed by atoms with Gasteiger partial charge in [-0.15, -0.1) is 0 Å². The van der Waals surface area contributed by atoms with Crippen molar-refractivity contribution >= 4 is 40.5 Å². The van der Waals surface area contributed by atoms with Crippen LogP contribution in [0, 0.1) is 6.92 Å². The number of fused-ring (bicyclic) bond motifs is 1. The molecule has 0 saturated carbocycles. The van der Waals surface area contributed by atoms with E-state index in [0.29, 0.717) is 0 Å². The number of nitrogens with zero attached hydrogens (tertiary/aromatic N) is 2. The highest BCUT2D eigenvalue weighted by Crippen LogP contribution is 2.25. The number of carbonyl (C=O) groups is 3. The maximum Gasteiger partial charge on any atom is 0.329 e. The van der Waals surface area contributed by atoms with Crippen LogP contribution >= 0.6 is 0 Å². The van der Waals surface area contributed by atoms with E-state index in [-0.39, 0.29) is 30.6 Å². The lowest BCUT2D eigenvalue weighted by Crippen LogP contribution is -2.30. The minimum atomic E-state index is -0.451. The number of urea groups is 1. The molecule has 35 heavy (non-hydrogen) atoms. The molecule has 1 aromatic heterocycles. The van der Waals surface area contributed by atoms with Crippen LogP contribution in [0.4, 0.5) is 10.5 Å². The number of anilines is 1. The Hall–Kier alpha value is -4.65. The second-order valence-electron chi connectivity index (χ2n) is 8.51. The molecule has 4 aromatic rings. The molecule has 0 bridgehead atoms. The molecule has 0 aliphatic carbocycles. The van der Waals surface area contributed by atoms with E-state index >= 15 is 0 Å². The highest BCUT2D eigenvalue weighted by atomic mass is 16.2. The van der Waals surface area contributed by atoms with Gasteiger partial charge in [-0.05, 0) is 36.8 Å². The normalized spacial score (nSPS) is 14.5. The molecule has 3 aromatic carbocycles. The predicted molar refractivity (Wildman–Crippen MR) is 135 cm³/mol. The Bertz CT molecular complexity index is 1450. The zero-order valence-electron chi connectivity index (χ0n) is 19.2. The van der Waals surface area contributed by atoms with Crippen molar-refractivity contribution in [2.75, 3.05) is 5.32 Å². The van der Waals surface area contributed by atoms with Crippen LogP contribution in [0.1, 0.15) is 16.7 Å². The molecule has 0 atom stereocenters. The van der Waals surface area contributed by atoms with Gasteiger partial charge in [0, 0.05) is 28.4 Å². The molecule has 1 aliphatic rings. The third-order valence-electron chi connectivity index (χ3n) is 5.91. The van der Waals surface area contributed by atoms with Crippen LogP contribution in [-0.2, 0) is 22.7 Å². The first-order chi connectivity index (χ1) is 17.0. The Morgan fingerprint density at radius 2 is 1.66 bits per heavy atom. The fourth-order valence-electron chi connectivity index (χ4n) is 4.14. The SMILES string of the molecule is Cc1ccc(CN2C(=O)N/C(=C\c3cn(CC(=O)Nc4ccccc4)c4ccccc34)C2=O)cc1. The minimum Gasteiger partial charge on any atom is -0.337 e. The van der Waals surface area contributed by atoms with Crippen molar-refractivity contribution in [1.29, 1.82) is 0 Å². The van der Waals surface area contributed by atoms with Gasteiger partial charge in [0.2, 0.25) is 5.91 Å². The summed E-state index contributed by atoms with van der Waals surface area (Å²) in [6.45, 7) is 2.29. The summed E-state index contributed by atoms with van der Waals surface area (Å²) in [5, 5.41) is 6.46.